The van der Waals surface area contributed by atoms with Crippen LogP contribution in [0.2, 0.25) is 0 Å². The van der Waals surface area contributed by atoms with Crippen LogP contribution in [0.5, 0.6) is 0 Å². The van der Waals surface area contributed by atoms with Crippen molar-refractivity contribution in [2.75, 3.05) is 19.8 Å². The maximum Gasteiger partial charge on any atom is 0.309 e. The number of ether oxygens (including phenoxy) is 1. The van der Waals surface area contributed by atoms with Crippen molar-refractivity contribution in [2.24, 2.45) is 11.8 Å². The number of nitrogens with zero attached hydrogens (tertiary/aromatic N) is 1. The number of carbonyl (C=O) groups excluding carboxylic acids is 3. The van der Waals surface area contributed by atoms with E-state index in [1.807, 2.05) is 72.8 Å². The van der Waals surface area contributed by atoms with Gasteiger partial charge in [-0.05, 0) is 50.2 Å². The number of nitrogens with one attached hydrogen (secondary N) is 1. The molecule has 2 amide bonds. The highest BCUT2D eigenvalue weighted by Gasteiger charge is 2.26. The maximum atomic E-state index is 13.2. The molecule has 0 bridgehead atoms. The Kier molecular flexibility index (Phi) is 12.0. The molecule has 1 aliphatic rings. The molecule has 38 heavy (non-hydrogen) atoms. The number of allylic oxidation sites excluding steroid dienone is 2. The van der Waals surface area contributed by atoms with Crippen molar-refractivity contribution in [3.63, 3.8) is 0 Å². The number of aliphatic hydroxyl groups is 1. The molecule has 0 radical (unpaired) electrons. The van der Waals surface area contributed by atoms with Crippen LogP contribution in [0, 0.1) is 11.8 Å². The number of cyclic esters (lactones) is 1. The molecule has 2 aromatic carbocycles. The van der Waals surface area contributed by atoms with Crippen LogP contribution < -0.4 is 5.32 Å². The van der Waals surface area contributed by atoms with E-state index in [9.17, 15) is 19.5 Å². The Morgan fingerprint density at radius 2 is 1.68 bits per heavy atom. The van der Waals surface area contributed by atoms with Crippen molar-refractivity contribution in [1.82, 2.24) is 10.2 Å². The zero-order chi connectivity index (χ0) is 27.2. The van der Waals surface area contributed by atoms with E-state index in [2.05, 4.69) is 5.32 Å². The Balaban J connectivity index is 1.65. The van der Waals surface area contributed by atoms with E-state index in [1.165, 1.54) is 0 Å². The molecule has 7 nitrogen and oxygen atoms in total. The Labute approximate surface area is 225 Å². The quantitative estimate of drug-likeness (QED) is 0.404. The van der Waals surface area contributed by atoms with Crippen LogP contribution in [0.25, 0.3) is 0 Å². The topological polar surface area (TPSA) is 95.9 Å². The number of hydrogen-bond donors (Lipinski definition) is 2. The second-order valence-electron chi connectivity index (χ2n) is 9.99. The lowest BCUT2D eigenvalue weighted by molar-refractivity contribution is -0.150. The number of rotatable bonds is 8. The molecule has 2 aromatic rings. The first-order chi connectivity index (χ1) is 18.5. The average molecular weight is 521 g/mol. The molecule has 0 aliphatic carbocycles. The summed E-state index contributed by atoms with van der Waals surface area (Å²) in [6.07, 6.45) is 7.42. The fraction of sp³-hybridized carbons (Fsp3) is 0.452. The first kappa shape index (κ1) is 29.1. The summed E-state index contributed by atoms with van der Waals surface area (Å²) in [5.74, 6) is -1.46. The smallest absolute Gasteiger partial charge is 0.309 e. The van der Waals surface area contributed by atoms with Crippen molar-refractivity contribution in [2.45, 2.75) is 58.0 Å². The Morgan fingerprint density at radius 1 is 1.00 bits per heavy atom. The molecule has 0 spiro atoms. The van der Waals surface area contributed by atoms with Crippen LogP contribution in [0.15, 0.2) is 72.8 Å². The molecule has 0 unspecified atom stereocenters. The van der Waals surface area contributed by atoms with Gasteiger partial charge < -0.3 is 20.1 Å². The lowest BCUT2D eigenvalue weighted by atomic mass is 9.93. The molecule has 0 fully saturated rings. The van der Waals surface area contributed by atoms with Gasteiger partial charge in [0.2, 0.25) is 11.8 Å². The molecule has 3 rings (SSSR count). The average Bonchev–Trinajstić information content (AvgIpc) is 2.92. The minimum atomic E-state index is -0.553. The van der Waals surface area contributed by atoms with Gasteiger partial charge >= 0.3 is 5.97 Å². The fourth-order valence-corrected chi connectivity index (χ4v) is 4.63. The van der Waals surface area contributed by atoms with Crippen LogP contribution in [-0.4, -0.2) is 53.6 Å². The lowest BCUT2D eigenvalue weighted by Crippen LogP contribution is -2.42. The Hall–Kier alpha value is -3.45. The molecular weight excluding hydrogens is 480 g/mol. The maximum absolute atomic E-state index is 13.2. The largest absolute Gasteiger partial charge is 0.463 e. The van der Waals surface area contributed by atoms with Gasteiger partial charge in [0.25, 0.3) is 0 Å². The predicted molar refractivity (Wildman–Crippen MR) is 147 cm³/mol. The van der Waals surface area contributed by atoms with Crippen LogP contribution in [-0.2, 0) is 32.1 Å². The number of hydrogen-bond acceptors (Lipinski definition) is 5. The molecule has 1 heterocycles. The van der Waals surface area contributed by atoms with Crippen LogP contribution in [0.3, 0.4) is 0 Å². The Bertz CT molecular complexity index is 1040. The summed E-state index contributed by atoms with van der Waals surface area (Å²) in [5.41, 5.74) is 2.06. The molecule has 0 aromatic heterocycles. The number of benzene rings is 2. The van der Waals surface area contributed by atoms with Gasteiger partial charge in [0.1, 0.15) is 6.61 Å². The van der Waals surface area contributed by atoms with Crippen molar-refractivity contribution in [3.05, 3.63) is 83.9 Å². The molecular formula is C31H40N2O5. The van der Waals surface area contributed by atoms with E-state index in [-0.39, 0.29) is 55.9 Å². The minimum Gasteiger partial charge on any atom is -0.463 e. The second-order valence-corrected chi connectivity index (χ2v) is 9.99. The fourth-order valence-electron chi connectivity index (χ4n) is 4.63. The lowest BCUT2D eigenvalue weighted by Gasteiger charge is -2.25. The number of amides is 2. The molecule has 2 N–H and O–H groups in total. The van der Waals surface area contributed by atoms with Gasteiger partial charge in [-0.3, -0.25) is 14.4 Å². The molecule has 7 heteroatoms. The van der Waals surface area contributed by atoms with E-state index in [0.29, 0.717) is 19.4 Å². The summed E-state index contributed by atoms with van der Waals surface area (Å²) >= 11 is 0. The molecule has 204 valence electrons. The van der Waals surface area contributed by atoms with Gasteiger partial charge in [-0.15, -0.1) is 0 Å². The van der Waals surface area contributed by atoms with Gasteiger partial charge in [0, 0.05) is 19.5 Å². The monoisotopic (exact) mass is 520 g/mol. The third-order valence-corrected chi connectivity index (χ3v) is 6.76. The van der Waals surface area contributed by atoms with Gasteiger partial charge in [-0.2, -0.15) is 0 Å². The summed E-state index contributed by atoms with van der Waals surface area (Å²) in [6, 6.07) is 19.1. The number of esters is 1. The van der Waals surface area contributed by atoms with Crippen LogP contribution in [0.4, 0.5) is 0 Å². The summed E-state index contributed by atoms with van der Waals surface area (Å²) in [4.78, 5) is 40.8. The van der Waals surface area contributed by atoms with E-state index in [4.69, 9.17) is 4.74 Å². The van der Waals surface area contributed by atoms with E-state index < -0.39 is 5.92 Å². The molecule has 0 saturated heterocycles. The predicted octanol–water partition coefficient (Wildman–Crippen LogP) is 4.05. The van der Waals surface area contributed by atoms with Gasteiger partial charge in [0.15, 0.2) is 0 Å². The highest BCUT2D eigenvalue weighted by molar-refractivity contribution is 5.86. The van der Waals surface area contributed by atoms with Crippen molar-refractivity contribution in [1.29, 1.82) is 0 Å². The third kappa shape index (κ3) is 9.78. The third-order valence-electron chi connectivity index (χ3n) is 6.76. The van der Waals surface area contributed by atoms with Crippen LogP contribution in [0.1, 0.15) is 50.2 Å². The summed E-state index contributed by atoms with van der Waals surface area (Å²) in [6.45, 7) is 2.31. The highest BCUT2D eigenvalue weighted by atomic mass is 16.5. The first-order valence-electron chi connectivity index (χ1n) is 13.5. The van der Waals surface area contributed by atoms with Crippen LogP contribution >= 0.6 is 0 Å². The summed E-state index contributed by atoms with van der Waals surface area (Å²) in [5, 5.41) is 12.4. The van der Waals surface area contributed by atoms with Gasteiger partial charge in [-0.25, -0.2) is 0 Å². The molecule has 1 aliphatic heterocycles. The normalized spacial score (nSPS) is 21.2. The van der Waals surface area contributed by atoms with E-state index in [1.54, 1.807) is 11.8 Å². The number of carbonyl (C=O) groups is 3. The van der Waals surface area contributed by atoms with E-state index >= 15 is 0 Å². The summed E-state index contributed by atoms with van der Waals surface area (Å²) in [7, 11) is 0. The molecule has 0 saturated carbocycles. The Morgan fingerprint density at radius 3 is 2.37 bits per heavy atom. The number of aliphatic hydroxyl groups excluding tert-OH is 1. The zero-order valence-corrected chi connectivity index (χ0v) is 22.3. The van der Waals surface area contributed by atoms with E-state index in [0.717, 1.165) is 30.4 Å². The van der Waals surface area contributed by atoms with Gasteiger partial charge in [0.05, 0.1) is 24.5 Å². The zero-order valence-electron chi connectivity index (χ0n) is 22.3. The van der Waals surface area contributed by atoms with Gasteiger partial charge in [-0.1, -0.05) is 72.8 Å². The standard InChI is InChI=1S/C31H40N2O5/c1-24-23-38-31(37)28(20-25-12-6-4-7-13-25)17-11-3-2-10-16-27(30(36)32-24)21-29(35)33(18-19-34)22-26-14-8-5-9-15-26/h2,4-10,12-15,24,27-28,34H,3,11,16-23H2,1H3,(H,32,36)/t24-,27+,28+/m0/s1. The second kappa shape index (κ2) is 15.7. The van der Waals surface area contributed by atoms with Crippen molar-refractivity contribution in [3.8, 4) is 0 Å². The highest BCUT2D eigenvalue weighted by Crippen LogP contribution is 2.20. The SMILES string of the molecule is C[C@H]1COC(=O)[C@@H](Cc2ccccc2)CCCC=CC[C@H](CC(=O)N(CCO)Cc2ccccc2)C(=O)N1. The van der Waals surface area contributed by atoms with Crippen molar-refractivity contribution >= 4 is 17.8 Å². The van der Waals surface area contributed by atoms with Crippen molar-refractivity contribution < 1.29 is 24.2 Å². The molecule has 3 atom stereocenters. The summed E-state index contributed by atoms with van der Waals surface area (Å²) < 4.78 is 5.61. The minimum absolute atomic E-state index is 0.0364. The first-order valence-corrected chi connectivity index (χ1v) is 13.5.